The summed E-state index contributed by atoms with van der Waals surface area (Å²) in [7, 11) is 1.70. The largest absolute Gasteiger partial charge is 0.465 e. The van der Waals surface area contributed by atoms with Gasteiger partial charge in [0.15, 0.2) is 0 Å². The molecular weight excluding hydrogens is 178 g/mol. The molecule has 0 saturated carbocycles. The lowest BCUT2D eigenvalue weighted by Gasteiger charge is -2.17. The molecule has 3 heteroatoms. The first-order valence-corrected chi connectivity index (χ1v) is 4.96. The maximum absolute atomic E-state index is 6.04. The highest BCUT2D eigenvalue weighted by atomic mass is 16.5. The normalized spacial score (nSPS) is 15.4. The lowest BCUT2D eigenvalue weighted by Crippen LogP contribution is -2.19. The van der Waals surface area contributed by atoms with Gasteiger partial charge in [-0.25, -0.2) is 0 Å². The van der Waals surface area contributed by atoms with Gasteiger partial charge in [0.2, 0.25) is 0 Å². The van der Waals surface area contributed by atoms with Crippen LogP contribution in [-0.2, 0) is 4.74 Å². The molecule has 0 bridgehead atoms. The minimum absolute atomic E-state index is 0.0288. The first-order chi connectivity index (χ1) is 6.65. The summed E-state index contributed by atoms with van der Waals surface area (Å²) in [6, 6.07) is 3.86. The molecule has 2 N–H and O–H groups in total. The van der Waals surface area contributed by atoms with Gasteiger partial charge in [0.25, 0.3) is 0 Å². The standard InChI is InChI=1S/C11H19NO2/c1-8(6-7-13-3)11(12)10-5-4-9(2)14-10/h4-5,8,11H,6-7,12H2,1-3H3. The molecule has 0 amide bonds. The molecule has 1 heterocycles. The molecule has 2 atom stereocenters. The first kappa shape index (κ1) is 11.3. The van der Waals surface area contributed by atoms with Crippen molar-refractivity contribution < 1.29 is 9.15 Å². The van der Waals surface area contributed by atoms with E-state index in [2.05, 4.69) is 6.92 Å². The van der Waals surface area contributed by atoms with Crippen molar-refractivity contribution >= 4 is 0 Å². The SMILES string of the molecule is COCCC(C)C(N)c1ccc(C)o1. The molecule has 0 fully saturated rings. The van der Waals surface area contributed by atoms with E-state index in [4.69, 9.17) is 14.9 Å². The van der Waals surface area contributed by atoms with Crippen molar-refractivity contribution in [3.63, 3.8) is 0 Å². The summed E-state index contributed by atoms with van der Waals surface area (Å²) in [6.07, 6.45) is 0.956. The number of ether oxygens (including phenoxy) is 1. The zero-order valence-electron chi connectivity index (χ0n) is 9.12. The molecule has 3 nitrogen and oxygen atoms in total. The van der Waals surface area contributed by atoms with E-state index >= 15 is 0 Å². The highest BCUT2D eigenvalue weighted by Gasteiger charge is 2.17. The van der Waals surface area contributed by atoms with E-state index < -0.39 is 0 Å². The molecule has 80 valence electrons. The van der Waals surface area contributed by atoms with Crippen LogP contribution in [0, 0.1) is 12.8 Å². The van der Waals surface area contributed by atoms with E-state index in [1.54, 1.807) is 7.11 Å². The van der Waals surface area contributed by atoms with Crippen LogP contribution < -0.4 is 5.73 Å². The lowest BCUT2D eigenvalue weighted by molar-refractivity contribution is 0.172. The maximum atomic E-state index is 6.04. The predicted molar refractivity (Wildman–Crippen MR) is 56.0 cm³/mol. The van der Waals surface area contributed by atoms with Gasteiger partial charge >= 0.3 is 0 Å². The molecular formula is C11H19NO2. The smallest absolute Gasteiger partial charge is 0.121 e. The molecule has 2 unspecified atom stereocenters. The number of hydrogen-bond donors (Lipinski definition) is 1. The number of aryl methyl sites for hydroxylation is 1. The van der Waals surface area contributed by atoms with Crippen molar-refractivity contribution in [2.75, 3.05) is 13.7 Å². The van der Waals surface area contributed by atoms with Crippen molar-refractivity contribution in [1.29, 1.82) is 0 Å². The second-order valence-electron chi connectivity index (χ2n) is 3.73. The summed E-state index contributed by atoms with van der Waals surface area (Å²) in [5.74, 6) is 2.15. The minimum Gasteiger partial charge on any atom is -0.465 e. The molecule has 0 aliphatic heterocycles. The molecule has 1 aromatic rings. The average molecular weight is 197 g/mol. The highest BCUT2D eigenvalue weighted by Crippen LogP contribution is 2.23. The number of methoxy groups -OCH3 is 1. The van der Waals surface area contributed by atoms with Gasteiger partial charge in [0, 0.05) is 13.7 Å². The highest BCUT2D eigenvalue weighted by molar-refractivity contribution is 5.09. The van der Waals surface area contributed by atoms with E-state index in [1.165, 1.54) is 0 Å². The Hall–Kier alpha value is -0.800. The van der Waals surface area contributed by atoms with Crippen molar-refractivity contribution in [1.82, 2.24) is 0 Å². The molecule has 1 rings (SSSR count). The monoisotopic (exact) mass is 197 g/mol. The van der Waals surface area contributed by atoms with Crippen LogP contribution in [0.3, 0.4) is 0 Å². The van der Waals surface area contributed by atoms with Crippen molar-refractivity contribution in [2.24, 2.45) is 11.7 Å². The van der Waals surface area contributed by atoms with Crippen molar-refractivity contribution in [3.05, 3.63) is 23.7 Å². The number of furan rings is 1. The van der Waals surface area contributed by atoms with Crippen LogP contribution in [-0.4, -0.2) is 13.7 Å². The Morgan fingerprint density at radius 3 is 2.71 bits per heavy atom. The topological polar surface area (TPSA) is 48.4 Å². The summed E-state index contributed by atoms with van der Waals surface area (Å²) < 4.78 is 10.5. The Morgan fingerprint density at radius 1 is 1.50 bits per heavy atom. The minimum atomic E-state index is -0.0288. The maximum Gasteiger partial charge on any atom is 0.121 e. The number of rotatable bonds is 5. The Bertz CT molecular complexity index is 270. The Labute approximate surface area is 85.2 Å². The van der Waals surface area contributed by atoms with E-state index in [0.717, 1.165) is 24.5 Å². The van der Waals surface area contributed by atoms with Crippen LogP contribution in [0.1, 0.15) is 30.9 Å². The molecule has 14 heavy (non-hydrogen) atoms. The van der Waals surface area contributed by atoms with Gasteiger partial charge in [0.1, 0.15) is 11.5 Å². The molecule has 0 aliphatic carbocycles. The molecule has 0 radical (unpaired) electrons. The van der Waals surface area contributed by atoms with Gasteiger partial charge in [-0.05, 0) is 31.4 Å². The molecule has 0 aromatic carbocycles. The van der Waals surface area contributed by atoms with E-state index in [0.29, 0.717) is 5.92 Å². The van der Waals surface area contributed by atoms with Crippen molar-refractivity contribution in [2.45, 2.75) is 26.3 Å². The third kappa shape index (κ3) is 2.86. The molecule has 0 spiro atoms. The Morgan fingerprint density at radius 2 is 2.21 bits per heavy atom. The van der Waals surface area contributed by atoms with Crippen LogP contribution in [0.25, 0.3) is 0 Å². The van der Waals surface area contributed by atoms with E-state index in [9.17, 15) is 0 Å². The van der Waals surface area contributed by atoms with Crippen molar-refractivity contribution in [3.8, 4) is 0 Å². The fourth-order valence-electron chi connectivity index (χ4n) is 1.40. The summed E-state index contributed by atoms with van der Waals surface area (Å²) in [4.78, 5) is 0. The number of nitrogens with two attached hydrogens (primary N) is 1. The van der Waals surface area contributed by atoms with Gasteiger partial charge in [-0.2, -0.15) is 0 Å². The summed E-state index contributed by atoms with van der Waals surface area (Å²) >= 11 is 0. The van der Waals surface area contributed by atoms with Gasteiger partial charge in [-0.15, -0.1) is 0 Å². The zero-order valence-corrected chi connectivity index (χ0v) is 9.12. The Balaban J connectivity index is 2.51. The first-order valence-electron chi connectivity index (χ1n) is 4.96. The van der Waals surface area contributed by atoms with E-state index in [-0.39, 0.29) is 6.04 Å². The zero-order chi connectivity index (χ0) is 10.6. The summed E-state index contributed by atoms with van der Waals surface area (Å²) in [5, 5.41) is 0. The Kier molecular flexibility index (Phi) is 4.17. The fourth-order valence-corrected chi connectivity index (χ4v) is 1.40. The van der Waals surface area contributed by atoms with Gasteiger partial charge in [0.05, 0.1) is 6.04 Å². The van der Waals surface area contributed by atoms with Gasteiger partial charge in [-0.1, -0.05) is 6.92 Å². The van der Waals surface area contributed by atoms with Crippen LogP contribution in [0.15, 0.2) is 16.5 Å². The lowest BCUT2D eigenvalue weighted by atomic mass is 9.97. The van der Waals surface area contributed by atoms with Crippen LogP contribution in [0.5, 0.6) is 0 Å². The summed E-state index contributed by atoms with van der Waals surface area (Å²) in [6.45, 7) is 4.78. The molecule has 0 aliphatic rings. The second-order valence-corrected chi connectivity index (χ2v) is 3.73. The molecule has 1 aromatic heterocycles. The third-order valence-electron chi connectivity index (χ3n) is 2.48. The third-order valence-corrected chi connectivity index (χ3v) is 2.48. The van der Waals surface area contributed by atoms with E-state index in [1.807, 2.05) is 19.1 Å². The fraction of sp³-hybridized carbons (Fsp3) is 0.636. The predicted octanol–water partition coefficient (Wildman–Crippen LogP) is 2.26. The van der Waals surface area contributed by atoms with Crippen LogP contribution in [0.4, 0.5) is 0 Å². The summed E-state index contributed by atoms with van der Waals surface area (Å²) in [5.41, 5.74) is 6.04. The van der Waals surface area contributed by atoms with Gasteiger partial charge < -0.3 is 14.9 Å². The van der Waals surface area contributed by atoms with Crippen LogP contribution in [0.2, 0.25) is 0 Å². The molecule has 0 saturated heterocycles. The number of hydrogen-bond acceptors (Lipinski definition) is 3. The quantitative estimate of drug-likeness (QED) is 0.787. The average Bonchev–Trinajstić information content (AvgIpc) is 2.60. The second kappa shape index (κ2) is 5.17. The van der Waals surface area contributed by atoms with Gasteiger partial charge in [-0.3, -0.25) is 0 Å². The van der Waals surface area contributed by atoms with Crippen LogP contribution >= 0.6 is 0 Å².